The highest BCUT2D eigenvalue weighted by Gasteiger charge is 2.13. The Bertz CT molecular complexity index is 292. The Morgan fingerprint density at radius 1 is 1.15 bits per heavy atom. The fourth-order valence-corrected chi connectivity index (χ4v) is 1.92. The molecule has 0 bridgehead atoms. The van der Waals surface area contributed by atoms with Crippen LogP contribution in [-0.2, 0) is 12.8 Å². The van der Waals surface area contributed by atoms with Crippen LogP contribution in [0.15, 0.2) is 12.1 Å². The summed E-state index contributed by atoms with van der Waals surface area (Å²) in [7, 11) is 1.86. The molecule has 0 saturated heterocycles. The molecule has 1 aliphatic carbocycles. The van der Waals surface area contributed by atoms with Crippen molar-refractivity contribution in [1.29, 1.82) is 0 Å². The molecule has 3 N–H and O–H groups in total. The third-order valence-corrected chi connectivity index (χ3v) is 2.62. The normalized spacial score (nSPS) is 14.0. The van der Waals surface area contributed by atoms with Crippen LogP contribution in [0.2, 0.25) is 0 Å². The van der Waals surface area contributed by atoms with Gasteiger partial charge in [-0.3, -0.25) is 10.7 Å². The van der Waals surface area contributed by atoms with Crippen LogP contribution in [0.3, 0.4) is 0 Å². The predicted octanol–water partition coefficient (Wildman–Crippen LogP) is 2.02. The van der Waals surface area contributed by atoms with E-state index >= 15 is 0 Å². The highest BCUT2D eigenvalue weighted by molar-refractivity contribution is 5.70. The maximum absolute atomic E-state index is 8.89. The molecule has 0 aromatic heterocycles. The van der Waals surface area contributed by atoms with E-state index in [0.717, 1.165) is 24.2 Å². The zero-order valence-corrected chi connectivity index (χ0v) is 7.72. The van der Waals surface area contributed by atoms with Gasteiger partial charge in [0.2, 0.25) is 0 Å². The Balaban J connectivity index is 2.47. The van der Waals surface area contributed by atoms with Crippen LogP contribution in [-0.4, -0.2) is 12.3 Å². The van der Waals surface area contributed by atoms with Gasteiger partial charge < -0.3 is 5.32 Å². The third kappa shape index (κ3) is 1.35. The summed E-state index contributed by atoms with van der Waals surface area (Å²) >= 11 is 0. The van der Waals surface area contributed by atoms with Gasteiger partial charge in [0.1, 0.15) is 0 Å². The average molecular weight is 178 g/mol. The lowest BCUT2D eigenvalue weighted by Gasteiger charge is -2.10. The second-order valence-electron chi connectivity index (χ2n) is 3.38. The van der Waals surface area contributed by atoms with Gasteiger partial charge >= 0.3 is 0 Å². The Kier molecular flexibility index (Phi) is 2.10. The fraction of sp³-hybridized carbons (Fsp3) is 0.400. The molecule has 0 saturated carbocycles. The number of fused-ring (bicyclic) bond motifs is 1. The molecule has 3 heteroatoms. The summed E-state index contributed by atoms with van der Waals surface area (Å²) in [5, 5.41) is 11.9. The summed E-state index contributed by atoms with van der Waals surface area (Å²) in [4.78, 5) is 0. The SMILES string of the molecule is CNc1cc2c(cc1NO)CCC2. The monoisotopic (exact) mass is 178 g/mol. The van der Waals surface area contributed by atoms with Gasteiger partial charge in [-0.05, 0) is 42.5 Å². The molecule has 1 aliphatic rings. The van der Waals surface area contributed by atoms with Crippen molar-refractivity contribution >= 4 is 11.4 Å². The summed E-state index contributed by atoms with van der Waals surface area (Å²) in [5.74, 6) is 0. The zero-order chi connectivity index (χ0) is 9.26. The highest BCUT2D eigenvalue weighted by atomic mass is 16.5. The molecule has 2 rings (SSSR count). The van der Waals surface area contributed by atoms with Gasteiger partial charge in [0.05, 0.1) is 11.4 Å². The lowest BCUT2D eigenvalue weighted by Crippen LogP contribution is -1.99. The van der Waals surface area contributed by atoms with Gasteiger partial charge in [-0.25, -0.2) is 0 Å². The van der Waals surface area contributed by atoms with Gasteiger partial charge in [0, 0.05) is 7.05 Å². The highest BCUT2D eigenvalue weighted by Crippen LogP contribution is 2.31. The second-order valence-corrected chi connectivity index (χ2v) is 3.38. The average Bonchev–Trinajstić information content (AvgIpc) is 2.62. The Morgan fingerprint density at radius 3 is 2.31 bits per heavy atom. The number of anilines is 2. The van der Waals surface area contributed by atoms with E-state index < -0.39 is 0 Å². The van der Waals surface area contributed by atoms with Gasteiger partial charge in [0.25, 0.3) is 0 Å². The van der Waals surface area contributed by atoms with Crippen LogP contribution in [0, 0.1) is 0 Å². The van der Waals surface area contributed by atoms with Crippen molar-refractivity contribution in [2.24, 2.45) is 0 Å². The Hall–Kier alpha value is -1.22. The first-order chi connectivity index (χ1) is 6.35. The van der Waals surface area contributed by atoms with E-state index in [1.807, 2.05) is 13.1 Å². The molecule has 1 aromatic rings. The molecule has 0 atom stereocenters. The minimum Gasteiger partial charge on any atom is -0.386 e. The van der Waals surface area contributed by atoms with Crippen LogP contribution < -0.4 is 10.8 Å². The molecule has 0 heterocycles. The van der Waals surface area contributed by atoms with Gasteiger partial charge in [-0.15, -0.1) is 0 Å². The largest absolute Gasteiger partial charge is 0.386 e. The van der Waals surface area contributed by atoms with Crippen molar-refractivity contribution in [3.8, 4) is 0 Å². The fourth-order valence-electron chi connectivity index (χ4n) is 1.92. The summed E-state index contributed by atoms with van der Waals surface area (Å²) < 4.78 is 0. The van der Waals surface area contributed by atoms with Crippen molar-refractivity contribution in [2.45, 2.75) is 19.3 Å². The first-order valence-corrected chi connectivity index (χ1v) is 4.59. The number of hydrogen-bond donors (Lipinski definition) is 3. The molecule has 3 nitrogen and oxygen atoms in total. The van der Waals surface area contributed by atoms with Crippen LogP contribution in [0.4, 0.5) is 11.4 Å². The lowest BCUT2D eigenvalue weighted by molar-refractivity contribution is 0.389. The minimum atomic E-state index is 0.767. The van der Waals surface area contributed by atoms with Crippen molar-refractivity contribution < 1.29 is 5.21 Å². The maximum Gasteiger partial charge on any atom is 0.0836 e. The van der Waals surface area contributed by atoms with Crippen molar-refractivity contribution in [1.82, 2.24) is 0 Å². The second kappa shape index (κ2) is 3.26. The number of hydrogen-bond acceptors (Lipinski definition) is 3. The van der Waals surface area contributed by atoms with Crippen LogP contribution in [0.1, 0.15) is 17.5 Å². The van der Waals surface area contributed by atoms with E-state index in [1.165, 1.54) is 17.5 Å². The molecular formula is C10H14N2O. The molecule has 0 amide bonds. The number of nitrogens with one attached hydrogen (secondary N) is 2. The van der Waals surface area contributed by atoms with E-state index in [2.05, 4.69) is 16.9 Å². The lowest BCUT2D eigenvalue weighted by atomic mass is 10.1. The van der Waals surface area contributed by atoms with Gasteiger partial charge in [0.15, 0.2) is 0 Å². The Morgan fingerprint density at radius 2 is 1.77 bits per heavy atom. The topological polar surface area (TPSA) is 44.3 Å². The smallest absolute Gasteiger partial charge is 0.0836 e. The molecule has 0 aliphatic heterocycles. The van der Waals surface area contributed by atoms with Gasteiger partial charge in [-0.2, -0.15) is 0 Å². The first-order valence-electron chi connectivity index (χ1n) is 4.59. The third-order valence-electron chi connectivity index (χ3n) is 2.62. The standard InChI is InChI=1S/C10H14N2O/c1-11-9-5-7-3-2-4-8(7)6-10(9)12-13/h5-6,11-13H,2-4H2,1H3. The molecule has 0 fully saturated rings. The van der Waals surface area contributed by atoms with E-state index in [-0.39, 0.29) is 0 Å². The summed E-state index contributed by atoms with van der Waals surface area (Å²) in [6, 6.07) is 4.13. The molecule has 0 spiro atoms. The maximum atomic E-state index is 8.89. The summed E-state index contributed by atoms with van der Waals surface area (Å²) in [6.45, 7) is 0. The van der Waals surface area contributed by atoms with E-state index in [4.69, 9.17) is 5.21 Å². The number of aryl methyl sites for hydroxylation is 2. The van der Waals surface area contributed by atoms with E-state index in [0.29, 0.717) is 0 Å². The first kappa shape index (κ1) is 8.38. The zero-order valence-electron chi connectivity index (χ0n) is 7.72. The summed E-state index contributed by atoms with van der Waals surface area (Å²) in [5.41, 5.74) is 6.70. The van der Waals surface area contributed by atoms with Crippen molar-refractivity contribution in [2.75, 3.05) is 17.8 Å². The van der Waals surface area contributed by atoms with E-state index in [9.17, 15) is 0 Å². The quantitative estimate of drug-likeness (QED) is 0.607. The molecule has 70 valence electrons. The van der Waals surface area contributed by atoms with Crippen LogP contribution in [0.5, 0.6) is 0 Å². The predicted molar refractivity (Wildman–Crippen MR) is 53.4 cm³/mol. The molecule has 0 unspecified atom stereocenters. The van der Waals surface area contributed by atoms with Crippen molar-refractivity contribution in [3.63, 3.8) is 0 Å². The number of benzene rings is 1. The van der Waals surface area contributed by atoms with Gasteiger partial charge in [-0.1, -0.05) is 0 Å². The molecule has 1 aromatic carbocycles. The number of rotatable bonds is 2. The van der Waals surface area contributed by atoms with Crippen LogP contribution in [0.25, 0.3) is 0 Å². The molecule has 0 radical (unpaired) electrons. The molecule has 13 heavy (non-hydrogen) atoms. The van der Waals surface area contributed by atoms with E-state index in [1.54, 1.807) is 0 Å². The summed E-state index contributed by atoms with van der Waals surface area (Å²) in [6.07, 6.45) is 3.52. The van der Waals surface area contributed by atoms with Crippen LogP contribution >= 0.6 is 0 Å². The van der Waals surface area contributed by atoms with Crippen molar-refractivity contribution in [3.05, 3.63) is 23.3 Å². The minimum absolute atomic E-state index is 0.767. The Labute approximate surface area is 77.7 Å². The molecular weight excluding hydrogens is 164 g/mol.